The van der Waals surface area contributed by atoms with E-state index in [1.165, 1.54) is 0 Å². The molecule has 4 nitrogen and oxygen atoms in total. The molecule has 0 aliphatic carbocycles. The third-order valence-electron chi connectivity index (χ3n) is 2.96. The van der Waals surface area contributed by atoms with E-state index in [1.54, 1.807) is 6.20 Å². The number of aromatic nitrogens is 2. The van der Waals surface area contributed by atoms with E-state index in [0.29, 0.717) is 0 Å². The van der Waals surface area contributed by atoms with Crippen LogP contribution in [0.4, 0.5) is 11.4 Å². The van der Waals surface area contributed by atoms with Gasteiger partial charge in [-0.05, 0) is 32.4 Å². The number of H-pyrrole nitrogens is 1. The number of fused-ring (bicyclic) bond motifs is 1. The molecule has 0 fully saturated rings. The number of benzene rings is 1. The van der Waals surface area contributed by atoms with Crippen LogP contribution in [0.3, 0.4) is 0 Å². The zero-order chi connectivity index (χ0) is 12.5. The van der Waals surface area contributed by atoms with Crippen LogP contribution in [0, 0.1) is 0 Å². The molecule has 1 aromatic heterocycles. The van der Waals surface area contributed by atoms with Crippen LogP contribution in [0.2, 0.25) is 0 Å². The van der Waals surface area contributed by atoms with Crippen molar-refractivity contribution in [2.24, 2.45) is 0 Å². The Balaban J connectivity index is 2.31. The van der Waals surface area contributed by atoms with E-state index in [9.17, 15) is 0 Å². The van der Waals surface area contributed by atoms with Crippen molar-refractivity contribution in [3.63, 3.8) is 0 Å². The number of nitrogens with zero attached hydrogens (tertiary/aromatic N) is 1. The molecule has 0 saturated carbocycles. The monoisotopic (exact) mass is 232 g/mol. The van der Waals surface area contributed by atoms with Crippen molar-refractivity contribution < 1.29 is 0 Å². The highest BCUT2D eigenvalue weighted by Gasteiger charge is 2.17. The van der Waals surface area contributed by atoms with E-state index in [1.807, 2.05) is 12.1 Å². The van der Waals surface area contributed by atoms with Gasteiger partial charge in [-0.3, -0.25) is 5.10 Å². The Labute approximate surface area is 102 Å². The van der Waals surface area contributed by atoms with Gasteiger partial charge in [-0.25, -0.2) is 0 Å². The molecule has 0 aliphatic heterocycles. The van der Waals surface area contributed by atoms with Crippen LogP contribution in [-0.2, 0) is 0 Å². The van der Waals surface area contributed by atoms with Gasteiger partial charge in [0.2, 0.25) is 0 Å². The average Bonchev–Trinajstić information content (AvgIpc) is 2.64. The van der Waals surface area contributed by atoms with Crippen molar-refractivity contribution >= 4 is 22.3 Å². The van der Waals surface area contributed by atoms with Gasteiger partial charge in [-0.2, -0.15) is 5.10 Å². The van der Waals surface area contributed by atoms with Gasteiger partial charge in [-0.1, -0.05) is 13.3 Å². The Morgan fingerprint density at radius 3 is 2.88 bits per heavy atom. The second kappa shape index (κ2) is 4.28. The first-order valence-electron chi connectivity index (χ1n) is 6.02. The minimum atomic E-state index is 0.0522. The highest BCUT2D eigenvalue weighted by atomic mass is 15.1. The summed E-state index contributed by atoms with van der Waals surface area (Å²) in [4.78, 5) is 0. The van der Waals surface area contributed by atoms with E-state index in [4.69, 9.17) is 5.73 Å². The zero-order valence-corrected chi connectivity index (χ0v) is 10.7. The lowest BCUT2D eigenvalue weighted by Crippen LogP contribution is -2.30. The molecule has 2 aromatic rings. The van der Waals surface area contributed by atoms with Gasteiger partial charge in [0.05, 0.1) is 23.1 Å². The fraction of sp³-hybridized carbons (Fsp3) is 0.462. The third-order valence-corrected chi connectivity index (χ3v) is 2.96. The molecule has 0 aliphatic rings. The number of anilines is 2. The second-order valence-electron chi connectivity index (χ2n) is 5.16. The molecule has 4 heteroatoms. The number of aromatic amines is 1. The SMILES string of the molecule is CCCC(C)(C)Nc1cc2[nH]ncc2cc1N. The lowest BCUT2D eigenvalue weighted by Gasteiger charge is -2.28. The summed E-state index contributed by atoms with van der Waals surface area (Å²) in [6.45, 7) is 6.56. The molecule has 17 heavy (non-hydrogen) atoms. The van der Waals surface area contributed by atoms with Crippen LogP contribution in [-0.4, -0.2) is 15.7 Å². The van der Waals surface area contributed by atoms with Crippen LogP contribution in [0.25, 0.3) is 10.9 Å². The maximum absolute atomic E-state index is 6.05. The average molecular weight is 232 g/mol. The van der Waals surface area contributed by atoms with Crippen LogP contribution in [0.15, 0.2) is 18.3 Å². The number of nitrogens with two attached hydrogens (primary N) is 1. The van der Waals surface area contributed by atoms with Crippen molar-refractivity contribution in [1.29, 1.82) is 0 Å². The van der Waals surface area contributed by atoms with Crippen LogP contribution in [0.1, 0.15) is 33.6 Å². The molecule has 0 saturated heterocycles. The zero-order valence-electron chi connectivity index (χ0n) is 10.7. The molecule has 0 unspecified atom stereocenters. The van der Waals surface area contributed by atoms with E-state index in [-0.39, 0.29) is 5.54 Å². The van der Waals surface area contributed by atoms with Crippen molar-refractivity contribution in [2.75, 3.05) is 11.1 Å². The third kappa shape index (κ3) is 2.52. The maximum atomic E-state index is 6.05. The summed E-state index contributed by atoms with van der Waals surface area (Å²) in [5, 5.41) is 11.5. The van der Waals surface area contributed by atoms with Crippen LogP contribution >= 0.6 is 0 Å². The predicted octanol–water partition coefficient (Wildman–Crippen LogP) is 3.14. The van der Waals surface area contributed by atoms with Gasteiger partial charge >= 0.3 is 0 Å². The molecule has 4 N–H and O–H groups in total. The van der Waals surface area contributed by atoms with Crippen LogP contribution < -0.4 is 11.1 Å². The first-order chi connectivity index (χ1) is 8.02. The fourth-order valence-corrected chi connectivity index (χ4v) is 2.17. The molecular weight excluding hydrogens is 212 g/mol. The molecule has 0 bridgehead atoms. The Bertz CT molecular complexity index is 513. The first kappa shape index (κ1) is 11.8. The minimum absolute atomic E-state index is 0.0522. The smallest absolute Gasteiger partial charge is 0.0672 e. The number of hydrogen-bond acceptors (Lipinski definition) is 3. The first-order valence-corrected chi connectivity index (χ1v) is 6.02. The van der Waals surface area contributed by atoms with Crippen LogP contribution in [0.5, 0.6) is 0 Å². The van der Waals surface area contributed by atoms with Gasteiger partial charge in [-0.15, -0.1) is 0 Å². The van der Waals surface area contributed by atoms with E-state index >= 15 is 0 Å². The molecule has 0 radical (unpaired) electrons. The predicted molar refractivity (Wildman–Crippen MR) is 73.1 cm³/mol. The summed E-state index contributed by atoms with van der Waals surface area (Å²) >= 11 is 0. The number of hydrogen-bond donors (Lipinski definition) is 3. The normalized spacial score (nSPS) is 11.9. The lowest BCUT2D eigenvalue weighted by atomic mass is 9.98. The Morgan fingerprint density at radius 1 is 1.41 bits per heavy atom. The molecule has 92 valence electrons. The maximum Gasteiger partial charge on any atom is 0.0672 e. The van der Waals surface area contributed by atoms with Crippen molar-refractivity contribution in [3.8, 4) is 0 Å². The Kier molecular flexibility index (Phi) is 2.96. The van der Waals surface area contributed by atoms with Gasteiger partial charge in [0.25, 0.3) is 0 Å². The summed E-state index contributed by atoms with van der Waals surface area (Å²) in [5.41, 5.74) is 8.84. The Hall–Kier alpha value is -1.71. The second-order valence-corrected chi connectivity index (χ2v) is 5.16. The summed E-state index contributed by atoms with van der Waals surface area (Å²) in [5.74, 6) is 0. The summed E-state index contributed by atoms with van der Waals surface area (Å²) < 4.78 is 0. The van der Waals surface area contributed by atoms with Gasteiger partial charge in [0.15, 0.2) is 0 Å². The van der Waals surface area contributed by atoms with Gasteiger partial charge < -0.3 is 11.1 Å². The highest BCUT2D eigenvalue weighted by molar-refractivity contribution is 5.88. The Morgan fingerprint density at radius 2 is 2.18 bits per heavy atom. The summed E-state index contributed by atoms with van der Waals surface area (Å²) in [6, 6.07) is 3.97. The minimum Gasteiger partial charge on any atom is -0.397 e. The molecular formula is C13H20N4. The largest absolute Gasteiger partial charge is 0.397 e. The van der Waals surface area contributed by atoms with Gasteiger partial charge in [0.1, 0.15) is 0 Å². The van der Waals surface area contributed by atoms with Gasteiger partial charge in [0, 0.05) is 10.9 Å². The van der Waals surface area contributed by atoms with Crippen molar-refractivity contribution in [1.82, 2.24) is 10.2 Å². The summed E-state index contributed by atoms with van der Waals surface area (Å²) in [6.07, 6.45) is 4.03. The lowest BCUT2D eigenvalue weighted by molar-refractivity contribution is 0.511. The molecule has 0 atom stereocenters. The molecule has 0 spiro atoms. The summed E-state index contributed by atoms with van der Waals surface area (Å²) in [7, 11) is 0. The van der Waals surface area contributed by atoms with Crippen molar-refractivity contribution in [3.05, 3.63) is 18.3 Å². The number of nitrogen functional groups attached to an aromatic ring is 1. The molecule has 1 heterocycles. The molecule has 1 aromatic carbocycles. The van der Waals surface area contributed by atoms with E-state index in [0.717, 1.165) is 35.1 Å². The quantitative estimate of drug-likeness (QED) is 0.709. The number of rotatable bonds is 4. The topological polar surface area (TPSA) is 66.7 Å². The van der Waals surface area contributed by atoms with E-state index in [2.05, 4.69) is 36.3 Å². The van der Waals surface area contributed by atoms with E-state index < -0.39 is 0 Å². The fourth-order valence-electron chi connectivity index (χ4n) is 2.17. The highest BCUT2D eigenvalue weighted by Crippen LogP contribution is 2.28. The van der Waals surface area contributed by atoms with Crippen molar-refractivity contribution in [2.45, 2.75) is 39.2 Å². The molecule has 2 rings (SSSR count). The number of nitrogens with one attached hydrogen (secondary N) is 2. The standard InChI is InChI=1S/C13H20N4/c1-4-5-13(2,3)16-12-7-11-9(6-10(12)14)8-15-17-11/h6-8,16H,4-5,14H2,1-3H3,(H,15,17). The molecule has 0 amide bonds.